The first kappa shape index (κ1) is 16.4. The summed E-state index contributed by atoms with van der Waals surface area (Å²) in [6.45, 7) is 0.476. The third-order valence-corrected chi connectivity index (χ3v) is 3.72. The molecule has 2 aromatic carbocycles. The standard InChI is InChI=1S/C18H18N4O3/c1-20-18(24)22-10-12-4-2-3-5-15(12)16(11-22)25-14-8-6-13(7-9-14)21-17(19)23/h2-9,11H,10H2,1H3,(H,20,24)(H3,19,21,23). The van der Waals surface area contributed by atoms with Crippen LogP contribution in [0.4, 0.5) is 15.3 Å². The molecule has 7 heteroatoms. The number of anilines is 1. The van der Waals surface area contributed by atoms with Crippen molar-refractivity contribution in [2.45, 2.75) is 6.54 Å². The van der Waals surface area contributed by atoms with E-state index in [0.717, 1.165) is 11.1 Å². The van der Waals surface area contributed by atoms with E-state index < -0.39 is 6.03 Å². The number of rotatable bonds is 3. The summed E-state index contributed by atoms with van der Waals surface area (Å²) in [6.07, 6.45) is 1.68. The third kappa shape index (κ3) is 3.72. The zero-order chi connectivity index (χ0) is 17.8. The molecule has 0 fully saturated rings. The Morgan fingerprint density at radius 3 is 2.52 bits per heavy atom. The molecule has 0 saturated heterocycles. The number of fused-ring (bicyclic) bond motifs is 1. The summed E-state index contributed by atoms with van der Waals surface area (Å²) in [5.74, 6) is 1.15. The SMILES string of the molecule is CNC(=O)N1C=C(Oc2ccc(NC(N)=O)cc2)c2ccccc2C1. The van der Waals surface area contributed by atoms with Gasteiger partial charge in [-0.2, -0.15) is 0 Å². The highest BCUT2D eigenvalue weighted by Gasteiger charge is 2.22. The topological polar surface area (TPSA) is 96.7 Å². The van der Waals surface area contributed by atoms with Gasteiger partial charge in [0.05, 0.1) is 12.7 Å². The average molecular weight is 338 g/mol. The van der Waals surface area contributed by atoms with E-state index in [2.05, 4.69) is 10.6 Å². The number of primary amides is 1. The second-order valence-electron chi connectivity index (χ2n) is 5.45. The summed E-state index contributed by atoms with van der Waals surface area (Å²) in [7, 11) is 1.58. The minimum Gasteiger partial charge on any atom is -0.455 e. The van der Waals surface area contributed by atoms with E-state index in [4.69, 9.17) is 10.5 Å². The van der Waals surface area contributed by atoms with Gasteiger partial charge in [0, 0.05) is 18.3 Å². The van der Waals surface area contributed by atoms with Gasteiger partial charge in [-0.05, 0) is 29.8 Å². The largest absolute Gasteiger partial charge is 0.455 e. The molecule has 1 heterocycles. The molecule has 0 saturated carbocycles. The van der Waals surface area contributed by atoms with Gasteiger partial charge in [-0.15, -0.1) is 0 Å². The Hall–Kier alpha value is -3.48. The maximum atomic E-state index is 12.0. The van der Waals surface area contributed by atoms with Crippen molar-refractivity contribution in [2.24, 2.45) is 5.73 Å². The maximum Gasteiger partial charge on any atom is 0.321 e. The number of carbonyl (C=O) groups excluding carboxylic acids is 2. The van der Waals surface area contributed by atoms with Gasteiger partial charge < -0.3 is 21.1 Å². The highest BCUT2D eigenvalue weighted by molar-refractivity contribution is 5.87. The van der Waals surface area contributed by atoms with E-state index in [1.165, 1.54) is 0 Å². The van der Waals surface area contributed by atoms with Crippen LogP contribution in [0.2, 0.25) is 0 Å². The number of amides is 4. The lowest BCUT2D eigenvalue weighted by Crippen LogP contribution is -2.36. The van der Waals surface area contributed by atoms with Crippen molar-refractivity contribution in [1.29, 1.82) is 0 Å². The van der Waals surface area contributed by atoms with Gasteiger partial charge in [-0.3, -0.25) is 4.90 Å². The van der Waals surface area contributed by atoms with Gasteiger partial charge in [-0.25, -0.2) is 9.59 Å². The number of urea groups is 2. The van der Waals surface area contributed by atoms with Gasteiger partial charge in [0.2, 0.25) is 0 Å². The van der Waals surface area contributed by atoms with E-state index in [9.17, 15) is 9.59 Å². The normalized spacial score (nSPS) is 12.7. The number of carbonyl (C=O) groups is 2. The number of hydrogen-bond donors (Lipinski definition) is 3. The molecule has 4 amide bonds. The molecule has 0 unspecified atom stereocenters. The molecule has 128 valence electrons. The molecule has 1 aliphatic heterocycles. The molecule has 25 heavy (non-hydrogen) atoms. The Labute approximate surface area is 145 Å². The number of nitrogens with two attached hydrogens (primary N) is 1. The van der Waals surface area contributed by atoms with E-state index >= 15 is 0 Å². The number of nitrogens with one attached hydrogen (secondary N) is 2. The zero-order valence-electron chi connectivity index (χ0n) is 13.7. The van der Waals surface area contributed by atoms with E-state index in [0.29, 0.717) is 23.7 Å². The molecule has 3 rings (SSSR count). The molecule has 7 nitrogen and oxygen atoms in total. The second-order valence-corrected chi connectivity index (χ2v) is 5.45. The van der Waals surface area contributed by atoms with Crippen LogP contribution >= 0.6 is 0 Å². The summed E-state index contributed by atoms with van der Waals surface area (Å²) in [5.41, 5.74) is 7.59. The summed E-state index contributed by atoms with van der Waals surface area (Å²) >= 11 is 0. The highest BCUT2D eigenvalue weighted by atomic mass is 16.5. The van der Waals surface area contributed by atoms with Gasteiger partial charge in [0.15, 0.2) is 5.76 Å². The molecule has 0 atom stereocenters. The van der Waals surface area contributed by atoms with Crippen LogP contribution in [-0.4, -0.2) is 24.0 Å². The van der Waals surface area contributed by atoms with Crippen LogP contribution in [-0.2, 0) is 6.54 Å². The molecule has 0 bridgehead atoms. The van der Waals surface area contributed by atoms with Crippen molar-refractivity contribution in [3.63, 3.8) is 0 Å². The Balaban J connectivity index is 1.86. The van der Waals surface area contributed by atoms with Crippen LogP contribution in [0, 0.1) is 0 Å². The van der Waals surface area contributed by atoms with E-state index in [1.807, 2.05) is 24.3 Å². The molecule has 0 radical (unpaired) electrons. The molecular weight excluding hydrogens is 320 g/mol. The first-order valence-corrected chi connectivity index (χ1v) is 7.69. The lowest BCUT2D eigenvalue weighted by Gasteiger charge is -2.26. The number of hydrogen-bond acceptors (Lipinski definition) is 3. The van der Waals surface area contributed by atoms with Crippen LogP contribution < -0.4 is 21.1 Å². The van der Waals surface area contributed by atoms with Gasteiger partial charge in [0.1, 0.15) is 5.75 Å². The maximum absolute atomic E-state index is 12.0. The number of nitrogens with zero attached hydrogens (tertiary/aromatic N) is 1. The monoisotopic (exact) mass is 338 g/mol. The Morgan fingerprint density at radius 1 is 1.12 bits per heavy atom. The molecule has 0 aromatic heterocycles. The van der Waals surface area contributed by atoms with E-state index in [1.54, 1.807) is 42.4 Å². The third-order valence-electron chi connectivity index (χ3n) is 3.72. The van der Waals surface area contributed by atoms with E-state index in [-0.39, 0.29) is 6.03 Å². The van der Waals surface area contributed by atoms with Crippen molar-refractivity contribution in [2.75, 3.05) is 12.4 Å². The van der Waals surface area contributed by atoms with Crippen molar-refractivity contribution in [3.05, 3.63) is 65.9 Å². The molecule has 2 aromatic rings. The number of ether oxygens (including phenoxy) is 1. The first-order chi connectivity index (χ1) is 12.1. The Kier molecular flexibility index (Phi) is 4.56. The quantitative estimate of drug-likeness (QED) is 0.803. The number of benzene rings is 2. The highest BCUT2D eigenvalue weighted by Crippen LogP contribution is 2.29. The molecule has 4 N–H and O–H groups in total. The summed E-state index contributed by atoms with van der Waals surface area (Å²) < 4.78 is 5.96. The second kappa shape index (κ2) is 6.96. The van der Waals surface area contributed by atoms with Crippen molar-refractivity contribution < 1.29 is 14.3 Å². The Morgan fingerprint density at radius 2 is 1.84 bits per heavy atom. The van der Waals surface area contributed by atoms with Crippen molar-refractivity contribution in [3.8, 4) is 5.75 Å². The lowest BCUT2D eigenvalue weighted by molar-refractivity contribution is 0.214. The van der Waals surface area contributed by atoms with Gasteiger partial charge >= 0.3 is 12.1 Å². The fourth-order valence-corrected chi connectivity index (χ4v) is 2.57. The Bertz CT molecular complexity index is 830. The summed E-state index contributed by atoms with van der Waals surface area (Å²) in [5, 5.41) is 5.10. The van der Waals surface area contributed by atoms with Crippen LogP contribution in [0.25, 0.3) is 5.76 Å². The van der Waals surface area contributed by atoms with Crippen LogP contribution in [0.5, 0.6) is 5.75 Å². The molecular formula is C18H18N4O3. The fourth-order valence-electron chi connectivity index (χ4n) is 2.57. The smallest absolute Gasteiger partial charge is 0.321 e. The predicted molar refractivity (Wildman–Crippen MR) is 94.7 cm³/mol. The average Bonchev–Trinajstić information content (AvgIpc) is 2.62. The van der Waals surface area contributed by atoms with Crippen LogP contribution in [0.15, 0.2) is 54.7 Å². The molecule has 0 spiro atoms. The molecule has 0 aliphatic carbocycles. The predicted octanol–water partition coefficient (Wildman–Crippen LogP) is 2.71. The fraction of sp³-hybridized carbons (Fsp3) is 0.111. The first-order valence-electron chi connectivity index (χ1n) is 7.69. The van der Waals surface area contributed by atoms with Gasteiger partial charge in [0.25, 0.3) is 0 Å². The lowest BCUT2D eigenvalue weighted by atomic mass is 10.0. The summed E-state index contributed by atoms with van der Waals surface area (Å²) in [4.78, 5) is 24.4. The minimum atomic E-state index is -0.626. The zero-order valence-corrected chi connectivity index (χ0v) is 13.7. The van der Waals surface area contributed by atoms with Crippen molar-refractivity contribution >= 4 is 23.5 Å². The summed E-state index contributed by atoms with van der Waals surface area (Å²) in [6, 6.07) is 13.7. The van der Waals surface area contributed by atoms with Gasteiger partial charge in [-0.1, -0.05) is 24.3 Å². The molecule has 1 aliphatic rings. The van der Waals surface area contributed by atoms with Crippen molar-refractivity contribution in [1.82, 2.24) is 10.2 Å². The van der Waals surface area contributed by atoms with Crippen LogP contribution in [0.3, 0.4) is 0 Å². The minimum absolute atomic E-state index is 0.211. The van der Waals surface area contributed by atoms with Crippen LogP contribution in [0.1, 0.15) is 11.1 Å².